The van der Waals surface area contributed by atoms with Gasteiger partial charge in [-0.25, -0.2) is 0 Å². The van der Waals surface area contributed by atoms with E-state index in [1.165, 1.54) is 12.8 Å². The lowest BCUT2D eigenvalue weighted by Gasteiger charge is -2.23. The van der Waals surface area contributed by atoms with Crippen molar-refractivity contribution in [3.63, 3.8) is 0 Å². The summed E-state index contributed by atoms with van der Waals surface area (Å²) in [5.74, 6) is -0.141. The fraction of sp³-hybridized carbons (Fsp3) is 0.381. The third-order valence-electron chi connectivity index (χ3n) is 4.36. The van der Waals surface area contributed by atoms with E-state index in [9.17, 15) is 4.79 Å². The van der Waals surface area contributed by atoms with Crippen LogP contribution in [0.25, 0.3) is 0 Å². The number of esters is 1. The summed E-state index contributed by atoms with van der Waals surface area (Å²) in [5.41, 5.74) is 0. The van der Waals surface area contributed by atoms with Crippen LogP contribution in [0.2, 0.25) is 0 Å². The van der Waals surface area contributed by atoms with Crippen molar-refractivity contribution >= 4 is 31.3 Å². The summed E-state index contributed by atoms with van der Waals surface area (Å²) >= 11 is 0. The third kappa shape index (κ3) is 6.01. The minimum absolute atomic E-state index is 0.141. The number of carbonyl (C=O) groups is 1. The fourth-order valence-corrected chi connectivity index (χ4v) is 5.61. The minimum Gasteiger partial charge on any atom is -0.466 e. The van der Waals surface area contributed by atoms with E-state index in [0.29, 0.717) is 19.2 Å². The Morgan fingerprint density at radius 3 is 2.00 bits per heavy atom. The zero-order valence-electron chi connectivity index (χ0n) is 15.1. The second-order valence-corrected chi connectivity index (χ2v) is 9.51. The summed E-state index contributed by atoms with van der Waals surface area (Å²) in [6, 6.07) is 20.3. The first-order valence-corrected chi connectivity index (χ1v) is 11.1. The smallest absolute Gasteiger partial charge is 0.377 e. The molecule has 2 rings (SSSR count). The molecule has 0 atom stereocenters. The van der Waals surface area contributed by atoms with E-state index >= 15 is 0 Å². The van der Waals surface area contributed by atoms with Crippen LogP contribution in [-0.4, -0.2) is 26.3 Å². The van der Waals surface area contributed by atoms with Gasteiger partial charge in [0.2, 0.25) is 0 Å². The van der Waals surface area contributed by atoms with Crippen LogP contribution in [0.3, 0.4) is 0 Å². The highest BCUT2D eigenvalue weighted by Gasteiger charge is 2.37. The van der Waals surface area contributed by atoms with Crippen LogP contribution in [0.1, 0.15) is 39.0 Å². The van der Waals surface area contributed by atoms with Crippen LogP contribution in [-0.2, 0) is 9.53 Å². The molecule has 130 valence electrons. The van der Waals surface area contributed by atoms with Crippen molar-refractivity contribution in [2.45, 2.75) is 39.0 Å². The lowest BCUT2D eigenvalue weighted by atomic mass is 10.2. The van der Waals surface area contributed by atoms with Gasteiger partial charge in [-0.05, 0) is 30.7 Å². The Hall–Kier alpha value is -1.60. The maximum absolute atomic E-state index is 12.1. The molecule has 0 fully saturated rings. The molecule has 2 radical (unpaired) electrons. The second-order valence-electron chi connectivity index (χ2n) is 6.29. The lowest BCUT2D eigenvalue weighted by molar-refractivity contribution is -0.143. The van der Waals surface area contributed by atoms with E-state index in [4.69, 9.17) is 12.3 Å². The minimum atomic E-state index is -2.08. The highest BCUT2D eigenvalue weighted by molar-refractivity contribution is 8.08. The van der Waals surface area contributed by atoms with Gasteiger partial charge in [0.1, 0.15) is 0 Å². The molecule has 4 heteroatoms. The molecule has 0 bridgehead atoms. The summed E-state index contributed by atoms with van der Waals surface area (Å²) in [4.78, 5) is 12.1. The van der Waals surface area contributed by atoms with Crippen LogP contribution in [0.4, 0.5) is 0 Å². The molecular formula is C21H27BO2P+. The van der Waals surface area contributed by atoms with Crippen molar-refractivity contribution in [2.24, 2.45) is 0 Å². The third-order valence-corrected chi connectivity index (χ3v) is 7.73. The summed E-state index contributed by atoms with van der Waals surface area (Å²) in [5, 5.41) is 2.24. The van der Waals surface area contributed by atoms with Crippen molar-refractivity contribution < 1.29 is 9.53 Å². The van der Waals surface area contributed by atoms with E-state index in [-0.39, 0.29) is 5.97 Å². The van der Waals surface area contributed by atoms with E-state index in [1.54, 1.807) is 0 Å². The molecule has 0 amide bonds. The number of carbonyl (C=O) groups excluding carboxylic acids is 1. The van der Waals surface area contributed by atoms with E-state index < -0.39 is 7.14 Å². The number of hydrogen-bond acceptors (Lipinski definition) is 2. The van der Waals surface area contributed by atoms with Gasteiger partial charge >= 0.3 is 13.5 Å². The molecule has 0 unspecified atom stereocenters. The molecule has 2 aromatic carbocycles. The predicted molar refractivity (Wildman–Crippen MR) is 109 cm³/mol. The molecule has 0 heterocycles. The molecule has 0 spiro atoms. The molecule has 2 aromatic rings. The molecular weight excluding hydrogens is 326 g/mol. The van der Waals surface area contributed by atoms with Crippen molar-refractivity contribution in [2.75, 3.05) is 12.8 Å². The van der Waals surface area contributed by atoms with Crippen LogP contribution in [0, 0.1) is 0 Å². The molecule has 25 heavy (non-hydrogen) atoms. The fourth-order valence-electron chi connectivity index (χ4n) is 2.85. The van der Waals surface area contributed by atoms with Crippen LogP contribution in [0.5, 0.6) is 0 Å². The molecule has 2 nitrogen and oxygen atoms in total. The number of hydrogen-bond donors (Lipinski definition) is 0. The van der Waals surface area contributed by atoms with Crippen molar-refractivity contribution in [1.29, 1.82) is 0 Å². The van der Waals surface area contributed by atoms with Gasteiger partial charge in [0.15, 0.2) is 0 Å². The standard InChI is InChI=1S/C21H27BO2P/c1-2-3-4-11-17-24-21(23)16-18-25(22,19-12-7-5-8-13-19)20-14-9-6-10-15-20/h5-10,12-15H,2-4,11,16-18H2,1H3/q+1. The first kappa shape index (κ1) is 19.7. The van der Waals surface area contributed by atoms with Gasteiger partial charge < -0.3 is 4.74 Å². The molecule has 0 aliphatic rings. The molecule has 0 aliphatic carbocycles. The van der Waals surface area contributed by atoms with Gasteiger partial charge in [-0.2, -0.15) is 0 Å². The van der Waals surface area contributed by atoms with Crippen molar-refractivity contribution in [1.82, 2.24) is 0 Å². The maximum atomic E-state index is 12.1. The number of unbranched alkanes of at least 4 members (excludes halogenated alkanes) is 3. The molecule has 0 saturated heterocycles. The van der Waals surface area contributed by atoms with Crippen molar-refractivity contribution in [3.8, 4) is 0 Å². The maximum Gasteiger partial charge on any atom is 0.377 e. The number of benzene rings is 2. The monoisotopic (exact) mass is 353 g/mol. The molecule has 0 aliphatic heterocycles. The van der Waals surface area contributed by atoms with Gasteiger partial charge in [0.05, 0.1) is 29.8 Å². The Labute approximate surface area is 153 Å². The van der Waals surface area contributed by atoms with Crippen molar-refractivity contribution in [3.05, 3.63) is 60.7 Å². The zero-order valence-corrected chi connectivity index (χ0v) is 16.0. The summed E-state index contributed by atoms with van der Waals surface area (Å²) in [6.45, 7) is 2.69. The molecule has 0 aromatic heterocycles. The SMILES string of the molecule is [B][P+](CCC(=O)OCCCCCC)(c1ccccc1)c1ccccc1. The van der Waals surface area contributed by atoms with Crippen LogP contribution >= 0.6 is 7.14 Å². The summed E-state index contributed by atoms with van der Waals surface area (Å²) in [6.07, 6.45) is 5.43. The quantitative estimate of drug-likeness (QED) is 0.276. The largest absolute Gasteiger partial charge is 0.466 e. The number of ether oxygens (including phenoxy) is 1. The zero-order chi connectivity index (χ0) is 18.0. The predicted octanol–water partition coefficient (Wildman–Crippen LogP) is 4.25. The lowest BCUT2D eigenvalue weighted by Crippen LogP contribution is -2.26. The first-order chi connectivity index (χ1) is 12.2. The Morgan fingerprint density at radius 1 is 0.920 bits per heavy atom. The average molecular weight is 353 g/mol. The second kappa shape index (κ2) is 10.4. The Morgan fingerprint density at radius 2 is 1.48 bits per heavy atom. The van der Waals surface area contributed by atoms with E-state index in [0.717, 1.165) is 23.5 Å². The average Bonchev–Trinajstić information content (AvgIpc) is 2.67. The normalized spacial score (nSPS) is 11.2. The van der Waals surface area contributed by atoms with Gasteiger partial charge in [0.25, 0.3) is 0 Å². The van der Waals surface area contributed by atoms with Crippen LogP contribution in [0.15, 0.2) is 60.7 Å². The van der Waals surface area contributed by atoms with E-state index in [2.05, 4.69) is 31.2 Å². The van der Waals surface area contributed by atoms with Gasteiger partial charge in [-0.3, -0.25) is 4.79 Å². The van der Waals surface area contributed by atoms with Gasteiger partial charge in [0, 0.05) is 7.14 Å². The Kier molecular flexibility index (Phi) is 8.21. The first-order valence-electron chi connectivity index (χ1n) is 9.10. The molecule has 0 N–H and O–H groups in total. The van der Waals surface area contributed by atoms with Gasteiger partial charge in [-0.1, -0.05) is 62.6 Å². The number of rotatable bonds is 10. The molecule has 0 saturated carbocycles. The Balaban J connectivity index is 1.99. The summed E-state index contributed by atoms with van der Waals surface area (Å²) in [7, 11) is 4.81. The van der Waals surface area contributed by atoms with Gasteiger partial charge in [-0.15, -0.1) is 0 Å². The highest BCUT2D eigenvalue weighted by atomic mass is 31.2. The van der Waals surface area contributed by atoms with Crippen LogP contribution < -0.4 is 10.6 Å². The Bertz CT molecular complexity index is 591. The highest BCUT2D eigenvalue weighted by Crippen LogP contribution is 2.51. The topological polar surface area (TPSA) is 26.3 Å². The summed E-state index contributed by atoms with van der Waals surface area (Å²) < 4.78 is 5.38. The van der Waals surface area contributed by atoms with E-state index in [1.807, 2.05) is 36.4 Å².